The lowest BCUT2D eigenvalue weighted by molar-refractivity contribution is 0.0551. The summed E-state index contributed by atoms with van der Waals surface area (Å²) in [4.78, 5) is 3.32. The topological polar surface area (TPSA) is 21.6 Å². The molecule has 2 aliphatic heterocycles. The summed E-state index contributed by atoms with van der Waals surface area (Å²) in [6, 6.07) is 0. The third-order valence-corrected chi connectivity index (χ3v) is 4.74. The summed E-state index contributed by atoms with van der Waals surface area (Å²) in [7, 11) is 0. The molecule has 1 saturated carbocycles. The molecule has 2 nitrogen and oxygen atoms in total. The van der Waals surface area contributed by atoms with Crippen LogP contribution in [0.15, 0.2) is 28.7 Å². The Morgan fingerprint density at radius 2 is 2.24 bits per heavy atom. The van der Waals surface area contributed by atoms with Crippen LogP contribution in [0, 0.1) is 23.7 Å². The second kappa shape index (κ2) is 3.77. The largest absolute Gasteiger partial charge is 0.374 e. The van der Waals surface area contributed by atoms with Crippen molar-refractivity contribution in [3.05, 3.63) is 23.7 Å². The van der Waals surface area contributed by atoms with Crippen molar-refractivity contribution < 1.29 is 9.13 Å². The van der Waals surface area contributed by atoms with Crippen molar-refractivity contribution in [2.75, 3.05) is 0 Å². The number of ether oxygens (including phenoxy) is 1. The first-order valence-electron chi connectivity index (χ1n) is 6.33. The van der Waals surface area contributed by atoms with Gasteiger partial charge < -0.3 is 4.74 Å². The molecule has 0 amide bonds. The molecule has 92 valence electrons. The van der Waals surface area contributed by atoms with E-state index < -0.39 is 5.95 Å². The van der Waals surface area contributed by atoms with Crippen molar-refractivity contribution >= 4 is 6.72 Å². The van der Waals surface area contributed by atoms with Crippen LogP contribution in [0.1, 0.15) is 20.3 Å². The van der Waals surface area contributed by atoms with Gasteiger partial charge in [-0.1, -0.05) is 13.0 Å². The third kappa shape index (κ3) is 1.52. The molecule has 3 rings (SSSR count). The molecule has 17 heavy (non-hydrogen) atoms. The van der Waals surface area contributed by atoms with Crippen LogP contribution in [0.3, 0.4) is 0 Å². The predicted octanol–water partition coefficient (Wildman–Crippen LogP) is 3.11. The van der Waals surface area contributed by atoms with E-state index >= 15 is 0 Å². The average molecular weight is 235 g/mol. The lowest BCUT2D eigenvalue weighted by atomic mass is 9.83. The molecule has 0 spiro atoms. The van der Waals surface area contributed by atoms with Crippen molar-refractivity contribution in [1.82, 2.24) is 0 Å². The molecule has 6 unspecified atom stereocenters. The van der Waals surface area contributed by atoms with E-state index in [0.29, 0.717) is 24.0 Å². The van der Waals surface area contributed by atoms with Gasteiger partial charge in [0.25, 0.3) is 0 Å². The van der Waals surface area contributed by atoms with Crippen molar-refractivity contribution in [2.24, 2.45) is 28.7 Å². The maximum Gasteiger partial charge on any atom is 0.212 e. The molecule has 1 aliphatic carbocycles. The monoisotopic (exact) mass is 235 g/mol. The zero-order chi connectivity index (χ0) is 12.2. The summed E-state index contributed by atoms with van der Waals surface area (Å²) in [6.07, 6.45) is 5.23. The van der Waals surface area contributed by atoms with Gasteiger partial charge in [0.15, 0.2) is 0 Å². The van der Waals surface area contributed by atoms with Crippen molar-refractivity contribution in [3.8, 4) is 0 Å². The molecule has 2 heterocycles. The molecule has 0 aromatic carbocycles. The van der Waals surface area contributed by atoms with Gasteiger partial charge in [-0.15, -0.1) is 0 Å². The Kier molecular flexibility index (Phi) is 2.47. The molecule has 0 radical (unpaired) electrons. The SMILES string of the molecule is C=N/C(F)=C\C(=C/C)C1CC2OC1C1C(C)C21. The minimum absolute atomic E-state index is 0.306. The number of nitrogens with zero attached hydrogens (tertiary/aromatic N) is 1. The van der Waals surface area contributed by atoms with Crippen molar-refractivity contribution in [3.63, 3.8) is 0 Å². The highest BCUT2D eigenvalue weighted by molar-refractivity contribution is 5.33. The minimum Gasteiger partial charge on any atom is -0.374 e. The van der Waals surface area contributed by atoms with Gasteiger partial charge in [-0.3, -0.25) is 0 Å². The quantitative estimate of drug-likeness (QED) is 0.418. The molecule has 2 saturated heterocycles. The molecular weight excluding hydrogens is 217 g/mol. The average Bonchev–Trinajstić information content (AvgIpc) is 2.75. The molecule has 2 bridgehead atoms. The van der Waals surface area contributed by atoms with Crippen LogP contribution in [0.25, 0.3) is 0 Å². The zero-order valence-corrected chi connectivity index (χ0v) is 10.3. The maximum absolute atomic E-state index is 13.2. The van der Waals surface area contributed by atoms with Crippen LogP contribution in [0.4, 0.5) is 4.39 Å². The van der Waals surface area contributed by atoms with E-state index in [1.165, 1.54) is 6.08 Å². The van der Waals surface area contributed by atoms with Crippen LogP contribution in [0.2, 0.25) is 0 Å². The van der Waals surface area contributed by atoms with Crippen LogP contribution in [-0.2, 0) is 4.74 Å². The second-order valence-electron chi connectivity index (χ2n) is 5.41. The summed E-state index contributed by atoms with van der Waals surface area (Å²) in [5.74, 6) is 2.14. The van der Waals surface area contributed by atoms with Crippen LogP contribution in [0.5, 0.6) is 0 Å². The Morgan fingerprint density at radius 1 is 1.47 bits per heavy atom. The standard InChI is InChI=1S/C14H18FNO/c1-4-8(5-11(15)16-3)9-6-10-12-7(2)13(12)14(9)17-10/h4-5,7,9-10,12-14H,3,6H2,1-2H3/b8-4+,11-5-. The molecule has 0 aromatic heterocycles. The summed E-state index contributed by atoms with van der Waals surface area (Å²) in [6.45, 7) is 7.46. The Labute approximate surface area is 101 Å². The van der Waals surface area contributed by atoms with E-state index in [2.05, 4.69) is 18.6 Å². The molecule has 0 aromatic rings. The maximum atomic E-state index is 13.2. The highest BCUT2D eigenvalue weighted by Gasteiger charge is 2.67. The first-order chi connectivity index (χ1) is 8.17. The summed E-state index contributed by atoms with van der Waals surface area (Å²) < 4.78 is 19.2. The predicted molar refractivity (Wildman–Crippen MR) is 65.4 cm³/mol. The fraction of sp³-hybridized carbons (Fsp3) is 0.643. The summed E-state index contributed by atoms with van der Waals surface area (Å²) in [5, 5.41) is 0. The zero-order valence-electron chi connectivity index (χ0n) is 10.3. The van der Waals surface area contributed by atoms with E-state index in [1.807, 2.05) is 13.0 Å². The van der Waals surface area contributed by atoms with Gasteiger partial charge in [0.1, 0.15) is 0 Å². The number of hydrogen-bond donors (Lipinski definition) is 0. The van der Waals surface area contributed by atoms with Gasteiger partial charge in [-0.2, -0.15) is 4.39 Å². The number of aliphatic imine (C=N–C) groups is 1. The fourth-order valence-corrected chi connectivity index (χ4v) is 3.89. The molecule has 3 aliphatic rings. The molecule has 6 atom stereocenters. The van der Waals surface area contributed by atoms with Crippen LogP contribution >= 0.6 is 0 Å². The lowest BCUT2D eigenvalue weighted by Gasteiger charge is -2.19. The normalized spacial score (nSPS) is 48.2. The van der Waals surface area contributed by atoms with Gasteiger partial charge in [-0.25, -0.2) is 4.99 Å². The molecule has 3 fully saturated rings. The Bertz CT molecular complexity index is 412. The fourth-order valence-electron chi connectivity index (χ4n) is 3.89. The van der Waals surface area contributed by atoms with E-state index in [4.69, 9.17) is 4.74 Å². The molecule has 3 heteroatoms. The smallest absolute Gasteiger partial charge is 0.212 e. The number of rotatable bonds is 3. The number of fused-ring (bicyclic) bond motifs is 5. The van der Waals surface area contributed by atoms with Crippen molar-refractivity contribution in [1.29, 1.82) is 0 Å². The summed E-state index contributed by atoms with van der Waals surface area (Å²) in [5.41, 5.74) is 1.01. The highest BCUT2D eigenvalue weighted by Crippen LogP contribution is 2.65. The van der Waals surface area contributed by atoms with Crippen molar-refractivity contribution in [2.45, 2.75) is 32.5 Å². The number of halogens is 1. The first kappa shape index (κ1) is 11.1. The van der Waals surface area contributed by atoms with Gasteiger partial charge in [0.2, 0.25) is 5.95 Å². The van der Waals surface area contributed by atoms with Crippen LogP contribution in [-0.4, -0.2) is 18.9 Å². The second-order valence-corrected chi connectivity index (χ2v) is 5.41. The van der Waals surface area contributed by atoms with Crippen LogP contribution < -0.4 is 0 Å². The molecule has 0 N–H and O–H groups in total. The first-order valence-corrected chi connectivity index (χ1v) is 6.33. The van der Waals surface area contributed by atoms with E-state index in [0.717, 1.165) is 23.8 Å². The summed E-state index contributed by atoms with van der Waals surface area (Å²) >= 11 is 0. The number of allylic oxidation sites excluding steroid dienone is 2. The van der Waals surface area contributed by atoms with Gasteiger partial charge in [0, 0.05) is 5.92 Å². The minimum atomic E-state index is -0.499. The highest BCUT2D eigenvalue weighted by atomic mass is 19.1. The van der Waals surface area contributed by atoms with Gasteiger partial charge in [0.05, 0.1) is 12.2 Å². The molecular formula is C14H18FNO. The van der Waals surface area contributed by atoms with E-state index in [9.17, 15) is 4.39 Å². The van der Waals surface area contributed by atoms with Gasteiger partial charge >= 0.3 is 0 Å². The Morgan fingerprint density at radius 3 is 2.82 bits per heavy atom. The number of hydrogen-bond acceptors (Lipinski definition) is 2. The van der Waals surface area contributed by atoms with Gasteiger partial charge in [-0.05, 0) is 49.5 Å². The Balaban J connectivity index is 1.80. The van der Waals surface area contributed by atoms with E-state index in [1.54, 1.807) is 0 Å². The Hall–Kier alpha value is -0.960. The lowest BCUT2D eigenvalue weighted by Crippen LogP contribution is -2.21. The third-order valence-electron chi connectivity index (χ3n) is 4.74. The van der Waals surface area contributed by atoms with E-state index in [-0.39, 0.29) is 0 Å².